The molecule has 0 spiro atoms. The third-order valence-corrected chi connectivity index (χ3v) is 2.96. The Morgan fingerprint density at radius 1 is 1.50 bits per heavy atom. The van der Waals surface area contributed by atoms with Gasteiger partial charge in [-0.2, -0.15) is 0 Å². The highest BCUT2D eigenvalue weighted by Gasteiger charge is 2.41. The Morgan fingerprint density at radius 3 is 2.89 bits per heavy atom. The van der Waals surface area contributed by atoms with Crippen LogP contribution in [0.3, 0.4) is 0 Å². The molecule has 1 aromatic rings. The molecular formula is C13H13ClO4. The summed E-state index contributed by atoms with van der Waals surface area (Å²) in [6, 6.07) is 7.07. The maximum Gasteiger partial charge on any atom is 0.340 e. The molecule has 1 aliphatic heterocycles. The molecule has 0 radical (unpaired) electrons. The number of halogens is 1. The van der Waals surface area contributed by atoms with Crippen LogP contribution in [0.5, 0.6) is 5.75 Å². The molecule has 5 heteroatoms. The van der Waals surface area contributed by atoms with E-state index in [1.807, 2.05) is 6.07 Å². The monoisotopic (exact) mass is 268 g/mol. The number of rotatable bonds is 3. The van der Waals surface area contributed by atoms with Gasteiger partial charge < -0.3 is 14.6 Å². The van der Waals surface area contributed by atoms with Gasteiger partial charge in [0.15, 0.2) is 0 Å². The Labute approximate surface area is 110 Å². The number of aliphatic hydroxyl groups is 1. The summed E-state index contributed by atoms with van der Waals surface area (Å²) >= 11 is 5.70. The van der Waals surface area contributed by atoms with Gasteiger partial charge in [-0.25, -0.2) is 4.79 Å². The van der Waals surface area contributed by atoms with E-state index in [-0.39, 0.29) is 18.1 Å². The molecule has 1 heterocycles. The zero-order valence-electron chi connectivity index (χ0n) is 9.85. The summed E-state index contributed by atoms with van der Waals surface area (Å²) in [5.74, 6) is -2.25. The second kappa shape index (κ2) is 5.00. The molecule has 0 amide bonds. The molecule has 1 N–H and O–H groups in total. The molecule has 1 aromatic carbocycles. The molecule has 1 atom stereocenters. The molecule has 4 nitrogen and oxygen atoms in total. The molecule has 1 unspecified atom stereocenters. The van der Waals surface area contributed by atoms with Crippen LogP contribution < -0.4 is 4.74 Å². The molecule has 0 aromatic heterocycles. The number of hydrogen-bond donors (Lipinski definition) is 1. The normalized spacial score (nSPS) is 21.6. The number of carbonyl (C=O) groups excluding carboxylic acids is 1. The average Bonchev–Trinajstić information content (AvgIpc) is 2.38. The van der Waals surface area contributed by atoms with Crippen molar-refractivity contribution >= 4 is 23.6 Å². The van der Waals surface area contributed by atoms with Crippen molar-refractivity contribution in [3.8, 4) is 5.75 Å². The lowest BCUT2D eigenvalue weighted by atomic mass is 10.00. The van der Waals surface area contributed by atoms with Gasteiger partial charge in [-0.15, -0.1) is 11.6 Å². The number of benzene rings is 1. The quantitative estimate of drug-likeness (QED) is 0.672. The van der Waals surface area contributed by atoms with Gasteiger partial charge in [0.2, 0.25) is 0 Å². The van der Waals surface area contributed by atoms with Crippen LogP contribution in [0, 0.1) is 0 Å². The highest BCUT2D eigenvalue weighted by Crippen LogP contribution is 2.35. The van der Waals surface area contributed by atoms with E-state index in [1.165, 1.54) is 0 Å². The van der Waals surface area contributed by atoms with E-state index < -0.39 is 11.8 Å². The Hall–Kier alpha value is -1.52. The number of hydrogen-bond acceptors (Lipinski definition) is 4. The summed E-state index contributed by atoms with van der Waals surface area (Å²) < 4.78 is 10.3. The van der Waals surface area contributed by atoms with E-state index >= 15 is 0 Å². The summed E-state index contributed by atoms with van der Waals surface area (Å²) in [6.45, 7) is 1.91. The van der Waals surface area contributed by atoms with Crippen LogP contribution in [0.15, 0.2) is 29.8 Å². The molecule has 0 saturated carbocycles. The fourth-order valence-corrected chi connectivity index (χ4v) is 1.92. The van der Waals surface area contributed by atoms with Crippen molar-refractivity contribution < 1.29 is 19.4 Å². The van der Waals surface area contributed by atoms with Crippen molar-refractivity contribution in [1.82, 2.24) is 0 Å². The lowest BCUT2D eigenvalue weighted by Crippen LogP contribution is -2.45. The molecule has 18 heavy (non-hydrogen) atoms. The lowest BCUT2D eigenvalue weighted by molar-refractivity contribution is -0.148. The maximum absolute atomic E-state index is 11.8. The van der Waals surface area contributed by atoms with Gasteiger partial charge in [0.05, 0.1) is 12.5 Å². The predicted octanol–water partition coefficient (Wildman–Crippen LogP) is 1.95. The van der Waals surface area contributed by atoms with Gasteiger partial charge >= 0.3 is 5.97 Å². The minimum atomic E-state index is -1.85. The van der Waals surface area contributed by atoms with E-state index in [4.69, 9.17) is 21.1 Å². The van der Waals surface area contributed by atoms with E-state index in [9.17, 15) is 9.90 Å². The number of fused-ring (bicyclic) bond motifs is 1. The number of alkyl halides is 1. The number of esters is 1. The smallest absolute Gasteiger partial charge is 0.340 e. The lowest BCUT2D eigenvalue weighted by Gasteiger charge is -2.32. The molecule has 0 bridgehead atoms. The third kappa shape index (κ3) is 2.21. The first-order valence-corrected chi connectivity index (χ1v) is 6.10. The van der Waals surface area contributed by atoms with Crippen molar-refractivity contribution in [2.75, 3.05) is 12.5 Å². The van der Waals surface area contributed by atoms with Crippen LogP contribution in [-0.4, -0.2) is 29.3 Å². The zero-order chi connectivity index (χ0) is 13.2. The summed E-state index contributed by atoms with van der Waals surface area (Å²) in [4.78, 5) is 11.8. The minimum Gasteiger partial charge on any atom is -0.462 e. The summed E-state index contributed by atoms with van der Waals surface area (Å²) in [6.07, 6.45) is 1.54. The van der Waals surface area contributed by atoms with E-state index in [0.717, 1.165) is 0 Å². The van der Waals surface area contributed by atoms with E-state index in [1.54, 1.807) is 31.2 Å². The SMILES string of the molecule is CCOC(=O)C1=Cc2ccccc2OC1(O)CCl. The predicted molar refractivity (Wildman–Crippen MR) is 67.3 cm³/mol. The van der Waals surface area contributed by atoms with E-state index in [2.05, 4.69) is 0 Å². The Bertz CT molecular complexity index is 498. The summed E-state index contributed by atoms with van der Waals surface area (Å²) in [7, 11) is 0. The standard InChI is InChI=1S/C13H13ClO4/c1-2-17-12(15)10-7-9-5-3-4-6-11(9)18-13(10,16)8-14/h3-7,16H,2,8H2,1H3. The summed E-state index contributed by atoms with van der Waals surface area (Å²) in [5, 5.41) is 10.3. The van der Waals surface area contributed by atoms with Gasteiger partial charge in [-0.1, -0.05) is 18.2 Å². The van der Waals surface area contributed by atoms with E-state index in [0.29, 0.717) is 11.3 Å². The maximum atomic E-state index is 11.8. The fraction of sp³-hybridized carbons (Fsp3) is 0.308. The first-order valence-electron chi connectivity index (χ1n) is 5.56. The van der Waals surface area contributed by atoms with Crippen molar-refractivity contribution in [1.29, 1.82) is 0 Å². The van der Waals surface area contributed by atoms with Crippen molar-refractivity contribution in [3.05, 3.63) is 35.4 Å². The van der Waals surface area contributed by atoms with Gasteiger partial charge in [0.1, 0.15) is 11.3 Å². The number of ether oxygens (including phenoxy) is 2. The van der Waals surface area contributed by atoms with Crippen LogP contribution in [-0.2, 0) is 9.53 Å². The van der Waals surface area contributed by atoms with Crippen LogP contribution in [0.25, 0.3) is 6.08 Å². The van der Waals surface area contributed by atoms with Crippen LogP contribution >= 0.6 is 11.6 Å². The minimum absolute atomic E-state index is 0.0121. The fourth-order valence-electron chi connectivity index (χ4n) is 1.72. The Morgan fingerprint density at radius 2 is 2.22 bits per heavy atom. The number of carbonyl (C=O) groups is 1. The molecule has 0 saturated heterocycles. The van der Waals surface area contributed by atoms with Crippen molar-refractivity contribution in [2.24, 2.45) is 0 Å². The molecular weight excluding hydrogens is 256 g/mol. The van der Waals surface area contributed by atoms with Crippen LogP contribution in [0.2, 0.25) is 0 Å². The van der Waals surface area contributed by atoms with Crippen molar-refractivity contribution in [2.45, 2.75) is 12.7 Å². The van der Waals surface area contributed by atoms with Crippen LogP contribution in [0.1, 0.15) is 12.5 Å². The number of para-hydroxylation sites is 1. The Balaban J connectivity index is 2.46. The highest BCUT2D eigenvalue weighted by atomic mass is 35.5. The Kier molecular flexibility index (Phi) is 3.59. The van der Waals surface area contributed by atoms with Gasteiger partial charge in [-0.05, 0) is 19.1 Å². The molecule has 0 fully saturated rings. The first kappa shape index (κ1) is 12.9. The largest absolute Gasteiger partial charge is 0.462 e. The zero-order valence-corrected chi connectivity index (χ0v) is 10.6. The molecule has 0 aliphatic carbocycles. The second-order valence-electron chi connectivity index (χ2n) is 3.84. The van der Waals surface area contributed by atoms with Gasteiger partial charge in [-0.3, -0.25) is 0 Å². The molecule has 2 rings (SSSR count). The summed E-state index contributed by atoms with van der Waals surface area (Å²) in [5.41, 5.74) is 0.716. The van der Waals surface area contributed by atoms with Crippen LogP contribution in [0.4, 0.5) is 0 Å². The highest BCUT2D eigenvalue weighted by molar-refractivity contribution is 6.19. The third-order valence-electron chi connectivity index (χ3n) is 2.59. The topological polar surface area (TPSA) is 55.8 Å². The first-order chi connectivity index (χ1) is 8.60. The average molecular weight is 269 g/mol. The molecule has 96 valence electrons. The van der Waals surface area contributed by atoms with Crippen molar-refractivity contribution in [3.63, 3.8) is 0 Å². The van der Waals surface area contributed by atoms with Gasteiger partial charge in [0.25, 0.3) is 5.79 Å². The van der Waals surface area contributed by atoms with Gasteiger partial charge in [0, 0.05) is 5.56 Å². The molecule has 1 aliphatic rings. The second-order valence-corrected chi connectivity index (χ2v) is 4.10.